The fourth-order valence-corrected chi connectivity index (χ4v) is 1.43. The van der Waals surface area contributed by atoms with Gasteiger partial charge in [-0.05, 0) is 11.5 Å². The zero-order chi connectivity index (χ0) is 7.68. The maximum Gasteiger partial charge on any atom is 0.0484 e. The predicted octanol–water partition coefficient (Wildman–Crippen LogP) is 3.11. The standard InChI is InChI=1S/C10H7Cl.Na/c11-10-7-3-5-8-4-1-2-6-9(8)10;/h1-7H;. The van der Waals surface area contributed by atoms with E-state index in [1.807, 2.05) is 30.3 Å². The van der Waals surface area contributed by atoms with Gasteiger partial charge in [-0.15, -0.1) is 0 Å². The summed E-state index contributed by atoms with van der Waals surface area (Å²) < 4.78 is 0. The maximum absolute atomic E-state index is 5.96. The van der Waals surface area contributed by atoms with Crippen molar-refractivity contribution in [1.29, 1.82) is 0 Å². The molecular weight excluding hydrogens is 179 g/mol. The van der Waals surface area contributed by atoms with Crippen LogP contribution in [-0.4, -0.2) is 29.6 Å². The Bertz CT molecular complexity index is 379. The third-order valence-electron chi connectivity index (χ3n) is 1.74. The molecule has 2 rings (SSSR count). The summed E-state index contributed by atoms with van der Waals surface area (Å²) in [6.45, 7) is 0. The van der Waals surface area contributed by atoms with Gasteiger partial charge in [0, 0.05) is 40.0 Å². The van der Waals surface area contributed by atoms with Crippen molar-refractivity contribution in [2.75, 3.05) is 0 Å². The normalized spacial score (nSPS) is 9.42. The summed E-state index contributed by atoms with van der Waals surface area (Å²) in [6.07, 6.45) is 0. The molecule has 0 unspecified atom stereocenters. The molecule has 0 aliphatic heterocycles. The summed E-state index contributed by atoms with van der Waals surface area (Å²) in [7, 11) is 0. The first-order chi connectivity index (χ1) is 5.38. The monoisotopic (exact) mass is 185 g/mol. The van der Waals surface area contributed by atoms with Gasteiger partial charge in [-0.3, -0.25) is 0 Å². The van der Waals surface area contributed by atoms with Crippen LogP contribution in [0.2, 0.25) is 5.02 Å². The second-order valence-electron chi connectivity index (χ2n) is 2.46. The van der Waals surface area contributed by atoms with Crippen LogP contribution in [0.25, 0.3) is 10.8 Å². The average molecular weight is 186 g/mol. The second-order valence-corrected chi connectivity index (χ2v) is 2.87. The van der Waals surface area contributed by atoms with Crippen molar-refractivity contribution in [3.63, 3.8) is 0 Å². The van der Waals surface area contributed by atoms with Crippen molar-refractivity contribution in [2.45, 2.75) is 0 Å². The van der Waals surface area contributed by atoms with Crippen LogP contribution in [0, 0.1) is 0 Å². The molecule has 0 saturated carbocycles. The van der Waals surface area contributed by atoms with Crippen LogP contribution in [0.3, 0.4) is 0 Å². The molecule has 2 aromatic rings. The number of benzene rings is 2. The molecule has 0 nitrogen and oxygen atoms in total. The quantitative estimate of drug-likeness (QED) is 0.554. The molecule has 0 aromatic heterocycles. The summed E-state index contributed by atoms with van der Waals surface area (Å²) in [5.74, 6) is 0. The number of halogens is 1. The Morgan fingerprint density at radius 1 is 0.833 bits per heavy atom. The first kappa shape index (κ1) is 10.1. The molecule has 0 N–H and O–H groups in total. The van der Waals surface area contributed by atoms with Crippen LogP contribution in [0.15, 0.2) is 42.5 Å². The molecule has 0 atom stereocenters. The molecule has 0 spiro atoms. The molecule has 1 radical (unpaired) electrons. The second kappa shape index (κ2) is 4.29. The molecule has 2 aromatic carbocycles. The van der Waals surface area contributed by atoms with Crippen molar-refractivity contribution in [2.24, 2.45) is 0 Å². The van der Waals surface area contributed by atoms with Crippen molar-refractivity contribution >= 4 is 51.9 Å². The van der Waals surface area contributed by atoms with Crippen LogP contribution in [0.4, 0.5) is 0 Å². The summed E-state index contributed by atoms with van der Waals surface area (Å²) in [4.78, 5) is 0. The smallest absolute Gasteiger partial charge is 0.0484 e. The Labute approximate surface area is 98.8 Å². The Balaban J connectivity index is 0.000000720. The minimum absolute atomic E-state index is 0. The summed E-state index contributed by atoms with van der Waals surface area (Å²) in [6, 6.07) is 14.0. The first-order valence-corrected chi connectivity index (χ1v) is 3.89. The van der Waals surface area contributed by atoms with Gasteiger partial charge in [0.25, 0.3) is 0 Å². The third-order valence-corrected chi connectivity index (χ3v) is 2.07. The van der Waals surface area contributed by atoms with Gasteiger partial charge in [-0.2, -0.15) is 0 Å². The molecule has 0 heterocycles. The summed E-state index contributed by atoms with van der Waals surface area (Å²) in [5.41, 5.74) is 0. The van der Waals surface area contributed by atoms with Crippen molar-refractivity contribution < 1.29 is 0 Å². The average Bonchev–Trinajstić information content (AvgIpc) is 2.06. The van der Waals surface area contributed by atoms with Gasteiger partial charge in [-0.1, -0.05) is 48.0 Å². The summed E-state index contributed by atoms with van der Waals surface area (Å²) >= 11 is 5.96. The Hall–Kier alpha value is -0.0100. The van der Waals surface area contributed by atoms with Gasteiger partial charge in [-0.25, -0.2) is 0 Å². The van der Waals surface area contributed by atoms with Crippen LogP contribution in [0.5, 0.6) is 0 Å². The molecule has 2 heteroatoms. The van der Waals surface area contributed by atoms with E-state index in [-0.39, 0.29) is 29.6 Å². The van der Waals surface area contributed by atoms with E-state index in [0.29, 0.717) is 0 Å². The van der Waals surface area contributed by atoms with Crippen molar-refractivity contribution in [3.05, 3.63) is 47.5 Å². The molecule has 0 amide bonds. The van der Waals surface area contributed by atoms with Gasteiger partial charge in [0.15, 0.2) is 0 Å². The van der Waals surface area contributed by atoms with Crippen molar-refractivity contribution in [3.8, 4) is 0 Å². The van der Waals surface area contributed by atoms with Gasteiger partial charge in [0.2, 0.25) is 0 Å². The largest absolute Gasteiger partial charge is 0.0837 e. The van der Waals surface area contributed by atoms with E-state index >= 15 is 0 Å². The van der Waals surface area contributed by atoms with Crippen LogP contribution in [-0.2, 0) is 0 Å². The fraction of sp³-hybridized carbons (Fsp3) is 0. The molecule has 0 aliphatic rings. The molecule has 0 saturated heterocycles. The van der Waals surface area contributed by atoms with Crippen LogP contribution in [0.1, 0.15) is 0 Å². The van der Waals surface area contributed by atoms with Crippen LogP contribution >= 0.6 is 11.6 Å². The van der Waals surface area contributed by atoms with Gasteiger partial charge < -0.3 is 0 Å². The molecule has 12 heavy (non-hydrogen) atoms. The first-order valence-electron chi connectivity index (χ1n) is 3.51. The van der Waals surface area contributed by atoms with E-state index in [0.717, 1.165) is 10.4 Å². The van der Waals surface area contributed by atoms with Gasteiger partial charge >= 0.3 is 0 Å². The molecular formula is C10H7ClNa. The molecule has 55 valence electrons. The zero-order valence-electron chi connectivity index (χ0n) is 6.92. The van der Waals surface area contributed by atoms with Gasteiger partial charge in [0.1, 0.15) is 0 Å². The van der Waals surface area contributed by atoms with E-state index in [1.54, 1.807) is 0 Å². The number of fused-ring (bicyclic) bond motifs is 1. The molecule has 0 bridgehead atoms. The fourth-order valence-electron chi connectivity index (χ4n) is 1.19. The minimum atomic E-state index is 0. The van der Waals surface area contributed by atoms with E-state index in [4.69, 9.17) is 11.6 Å². The maximum atomic E-state index is 5.96. The molecule has 0 fully saturated rings. The topological polar surface area (TPSA) is 0 Å². The van der Waals surface area contributed by atoms with E-state index in [2.05, 4.69) is 12.1 Å². The molecule has 0 aliphatic carbocycles. The van der Waals surface area contributed by atoms with Crippen molar-refractivity contribution in [1.82, 2.24) is 0 Å². The predicted molar refractivity (Wildman–Crippen MR) is 54.7 cm³/mol. The van der Waals surface area contributed by atoms with E-state index < -0.39 is 0 Å². The number of hydrogen-bond acceptors (Lipinski definition) is 0. The third kappa shape index (κ3) is 1.83. The summed E-state index contributed by atoms with van der Waals surface area (Å²) in [5, 5.41) is 3.14. The van der Waals surface area contributed by atoms with Gasteiger partial charge in [0.05, 0.1) is 0 Å². The Morgan fingerprint density at radius 3 is 2.25 bits per heavy atom. The van der Waals surface area contributed by atoms with Crippen LogP contribution < -0.4 is 0 Å². The van der Waals surface area contributed by atoms with E-state index in [1.165, 1.54) is 5.39 Å². The zero-order valence-corrected chi connectivity index (χ0v) is 9.68. The number of hydrogen-bond donors (Lipinski definition) is 0. The SMILES string of the molecule is Clc1cccc2ccccc12.[Na]. The number of rotatable bonds is 0. The van der Waals surface area contributed by atoms with E-state index in [9.17, 15) is 0 Å². The minimum Gasteiger partial charge on any atom is -0.0837 e. The Morgan fingerprint density at radius 2 is 1.50 bits per heavy atom. The Kier molecular flexibility index (Phi) is 3.60.